The number of rotatable bonds is 3. The van der Waals surface area contributed by atoms with Gasteiger partial charge in [-0.05, 0) is 36.8 Å². The Morgan fingerprint density at radius 3 is 2.59 bits per heavy atom. The molecular formula is C13H15FO2S. The number of thioether (sulfide) groups is 1. The molecule has 0 radical (unpaired) electrons. The maximum absolute atomic E-state index is 13.4. The van der Waals surface area contributed by atoms with Crippen LogP contribution in [0, 0.1) is 5.82 Å². The van der Waals surface area contributed by atoms with Crippen LogP contribution >= 0.6 is 11.8 Å². The van der Waals surface area contributed by atoms with Crippen molar-refractivity contribution in [3.05, 3.63) is 29.6 Å². The minimum absolute atomic E-state index is 0.278. The average Bonchev–Trinajstić information content (AvgIpc) is 2.80. The van der Waals surface area contributed by atoms with Crippen LogP contribution in [0.5, 0.6) is 0 Å². The van der Waals surface area contributed by atoms with E-state index in [2.05, 4.69) is 0 Å². The lowest BCUT2D eigenvalue weighted by molar-refractivity contribution is -0.143. The van der Waals surface area contributed by atoms with E-state index in [1.807, 2.05) is 0 Å². The first-order chi connectivity index (χ1) is 8.10. The van der Waals surface area contributed by atoms with Crippen LogP contribution in [0.25, 0.3) is 0 Å². The first kappa shape index (κ1) is 12.4. The summed E-state index contributed by atoms with van der Waals surface area (Å²) in [6, 6.07) is 4.69. The van der Waals surface area contributed by atoms with Crippen molar-refractivity contribution in [3.63, 3.8) is 0 Å². The summed E-state index contributed by atoms with van der Waals surface area (Å²) in [5.41, 5.74) is -0.0497. The van der Waals surface area contributed by atoms with Gasteiger partial charge < -0.3 is 5.11 Å². The maximum Gasteiger partial charge on any atom is 0.314 e. The topological polar surface area (TPSA) is 37.3 Å². The van der Waals surface area contributed by atoms with E-state index in [4.69, 9.17) is 0 Å². The molecule has 4 heteroatoms. The number of halogens is 1. The van der Waals surface area contributed by atoms with Crippen molar-refractivity contribution in [1.29, 1.82) is 0 Å². The largest absolute Gasteiger partial charge is 0.481 e. The Morgan fingerprint density at radius 1 is 1.41 bits per heavy atom. The Morgan fingerprint density at radius 2 is 2.06 bits per heavy atom. The molecule has 1 aromatic rings. The molecule has 92 valence electrons. The van der Waals surface area contributed by atoms with Gasteiger partial charge in [0.25, 0.3) is 0 Å². The van der Waals surface area contributed by atoms with Crippen molar-refractivity contribution in [2.45, 2.75) is 36.0 Å². The molecule has 1 aliphatic rings. The Bertz CT molecular complexity index is 439. The average molecular weight is 254 g/mol. The summed E-state index contributed by atoms with van der Waals surface area (Å²) in [5.74, 6) is -1.06. The van der Waals surface area contributed by atoms with E-state index in [9.17, 15) is 14.3 Å². The van der Waals surface area contributed by atoms with Crippen LogP contribution in [0.15, 0.2) is 23.1 Å². The lowest BCUT2D eigenvalue weighted by Crippen LogP contribution is -2.32. The van der Waals surface area contributed by atoms with E-state index in [1.165, 1.54) is 17.8 Å². The van der Waals surface area contributed by atoms with Gasteiger partial charge in [0.2, 0.25) is 0 Å². The molecule has 2 nitrogen and oxygen atoms in total. The summed E-state index contributed by atoms with van der Waals surface area (Å²) in [7, 11) is 0. The van der Waals surface area contributed by atoms with Crippen molar-refractivity contribution in [2.24, 2.45) is 0 Å². The van der Waals surface area contributed by atoms with E-state index in [1.54, 1.807) is 18.4 Å². The van der Waals surface area contributed by atoms with Gasteiger partial charge in [0.05, 0.1) is 5.41 Å². The molecule has 0 atom stereocenters. The van der Waals surface area contributed by atoms with Gasteiger partial charge in [-0.25, -0.2) is 4.39 Å². The van der Waals surface area contributed by atoms with Crippen LogP contribution in [-0.2, 0) is 10.2 Å². The van der Waals surface area contributed by atoms with Crippen LogP contribution in [0.4, 0.5) is 4.39 Å². The first-order valence-corrected chi connectivity index (χ1v) is 6.90. The zero-order chi connectivity index (χ0) is 12.5. The Labute approximate surface area is 104 Å². The Balaban J connectivity index is 2.47. The molecule has 1 aromatic carbocycles. The van der Waals surface area contributed by atoms with Gasteiger partial charge in [-0.2, -0.15) is 0 Å². The third-order valence-corrected chi connectivity index (χ3v) is 4.32. The fourth-order valence-electron chi connectivity index (χ4n) is 2.56. The van der Waals surface area contributed by atoms with Gasteiger partial charge in [-0.3, -0.25) is 4.79 Å². The van der Waals surface area contributed by atoms with Gasteiger partial charge in [-0.15, -0.1) is 11.8 Å². The van der Waals surface area contributed by atoms with Gasteiger partial charge in [-0.1, -0.05) is 18.9 Å². The van der Waals surface area contributed by atoms with E-state index >= 15 is 0 Å². The molecule has 1 N–H and O–H groups in total. The van der Waals surface area contributed by atoms with Crippen LogP contribution in [0.2, 0.25) is 0 Å². The van der Waals surface area contributed by atoms with Gasteiger partial charge in [0.15, 0.2) is 0 Å². The second-order valence-electron chi connectivity index (χ2n) is 4.44. The van der Waals surface area contributed by atoms with Crippen LogP contribution in [0.3, 0.4) is 0 Å². The van der Waals surface area contributed by atoms with Crippen molar-refractivity contribution < 1.29 is 14.3 Å². The molecule has 17 heavy (non-hydrogen) atoms. The molecule has 0 aliphatic heterocycles. The summed E-state index contributed by atoms with van der Waals surface area (Å²) >= 11 is 1.31. The van der Waals surface area contributed by atoms with E-state index in [-0.39, 0.29) is 5.82 Å². The quantitative estimate of drug-likeness (QED) is 0.839. The summed E-state index contributed by atoms with van der Waals surface area (Å²) in [6.45, 7) is 0. The highest BCUT2D eigenvalue weighted by atomic mass is 32.2. The predicted octanol–water partition coefficient (Wildman–Crippen LogP) is 3.44. The fraction of sp³-hybridized carbons (Fsp3) is 0.462. The molecular weight excluding hydrogens is 239 g/mol. The van der Waals surface area contributed by atoms with Gasteiger partial charge in [0.1, 0.15) is 5.82 Å². The monoisotopic (exact) mass is 254 g/mol. The van der Waals surface area contributed by atoms with E-state index < -0.39 is 11.4 Å². The molecule has 2 rings (SSSR count). The summed E-state index contributed by atoms with van der Waals surface area (Å²) in [6.07, 6.45) is 4.96. The van der Waals surface area contributed by atoms with Crippen molar-refractivity contribution in [3.8, 4) is 0 Å². The molecule has 0 heterocycles. The maximum atomic E-state index is 13.4. The van der Waals surface area contributed by atoms with E-state index in [0.29, 0.717) is 17.7 Å². The summed E-state index contributed by atoms with van der Waals surface area (Å²) in [4.78, 5) is 12.0. The number of hydrogen-bond donors (Lipinski definition) is 1. The predicted molar refractivity (Wildman–Crippen MR) is 66.0 cm³/mol. The van der Waals surface area contributed by atoms with Crippen LogP contribution in [-0.4, -0.2) is 17.3 Å². The number of aliphatic carboxylic acids is 1. The van der Waals surface area contributed by atoms with Crippen LogP contribution < -0.4 is 0 Å². The number of benzene rings is 1. The lowest BCUT2D eigenvalue weighted by Gasteiger charge is -2.24. The first-order valence-electron chi connectivity index (χ1n) is 5.67. The minimum Gasteiger partial charge on any atom is -0.481 e. The molecule has 1 fully saturated rings. The van der Waals surface area contributed by atoms with Gasteiger partial charge >= 0.3 is 5.97 Å². The Hall–Kier alpha value is -1.03. The highest BCUT2D eigenvalue weighted by molar-refractivity contribution is 7.98. The zero-order valence-electron chi connectivity index (χ0n) is 9.70. The normalized spacial score (nSPS) is 18.2. The lowest BCUT2D eigenvalue weighted by atomic mass is 9.79. The molecule has 1 aliphatic carbocycles. The fourth-order valence-corrected chi connectivity index (χ4v) is 3.07. The molecule has 0 bridgehead atoms. The standard InChI is InChI=1S/C13H15FO2S/c1-17-11-8-9(4-5-10(11)14)13(12(15)16)6-2-3-7-13/h4-5,8H,2-3,6-7H2,1H3,(H,15,16). The number of carboxylic acids is 1. The second kappa shape index (κ2) is 4.69. The molecule has 1 saturated carbocycles. The van der Waals surface area contributed by atoms with Crippen LogP contribution in [0.1, 0.15) is 31.2 Å². The third-order valence-electron chi connectivity index (χ3n) is 3.57. The van der Waals surface area contributed by atoms with Crippen molar-refractivity contribution in [1.82, 2.24) is 0 Å². The smallest absolute Gasteiger partial charge is 0.314 e. The number of carboxylic acid groups (broad SMARTS) is 1. The molecule has 0 unspecified atom stereocenters. The third kappa shape index (κ3) is 2.06. The van der Waals surface area contributed by atoms with Crippen molar-refractivity contribution in [2.75, 3.05) is 6.26 Å². The molecule has 0 amide bonds. The highest BCUT2D eigenvalue weighted by Gasteiger charge is 2.43. The second-order valence-corrected chi connectivity index (χ2v) is 5.29. The Kier molecular flexibility index (Phi) is 3.43. The zero-order valence-corrected chi connectivity index (χ0v) is 10.5. The van der Waals surface area contributed by atoms with Gasteiger partial charge in [0, 0.05) is 4.90 Å². The minimum atomic E-state index is -0.793. The van der Waals surface area contributed by atoms with Crippen molar-refractivity contribution >= 4 is 17.7 Å². The summed E-state index contributed by atoms with van der Waals surface area (Å²) < 4.78 is 13.4. The van der Waals surface area contributed by atoms with E-state index in [0.717, 1.165) is 18.4 Å². The summed E-state index contributed by atoms with van der Waals surface area (Å²) in [5, 5.41) is 9.45. The molecule has 0 spiro atoms. The number of carbonyl (C=O) groups is 1. The molecule has 0 saturated heterocycles. The highest BCUT2D eigenvalue weighted by Crippen LogP contribution is 2.42. The SMILES string of the molecule is CSc1cc(C2(C(=O)O)CCCC2)ccc1F. The molecule has 0 aromatic heterocycles. The number of hydrogen-bond acceptors (Lipinski definition) is 2.